The van der Waals surface area contributed by atoms with E-state index < -0.39 is 24.0 Å². The van der Waals surface area contributed by atoms with Crippen molar-refractivity contribution in [1.29, 1.82) is 0 Å². The molecule has 0 amide bonds. The molecule has 3 rings (SSSR count). The Hall–Kier alpha value is -1.16. The molecule has 0 spiro atoms. The Labute approximate surface area is 112 Å². The number of ether oxygens (including phenoxy) is 1. The van der Waals surface area contributed by atoms with E-state index in [0.29, 0.717) is 5.57 Å². The first-order chi connectivity index (χ1) is 8.77. The van der Waals surface area contributed by atoms with Gasteiger partial charge < -0.3 is 9.84 Å². The summed E-state index contributed by atoms with van der Waals surface area (Å²) < 4.78 is 4.78. The van der Waals surface area contributed by atoms with Gasteiger partial charge in [-0.2, -0.15) is 0 Å². The number of carbonyl (C=O) groups is 2. The van der Waals surface area contributed by atoms with Crippen molar-refractivity contribution in [2.75, 3.05) is 0 Å². The predicted octanol–water partition coefficient (Wildman–Crippen LogP) is 1.82. The Balaban J connectivity index is 2.15. The van der Waals surface area contributed by atoms with Crippen molar-refractivity contribution in [3.63, 3.8) is 0 Å². The highest BCUT2D eigenvalue weighted by atomic mass is 16.6. The molecule has 4 nitrogen and oxygen atoms in total. The highest BCUT2D eigenvalue weighted by molar-refractivity contribution is 6.08. The average molecular weight is 264 g/mol. The zero-order chi connectivity index (χ0) is 14.0. The standard InChI is InChI=1S/C15H20O4/c1-14(2)5-4-6-15(3)10-8(7-9(16)11(14)15)12(17)19-13(10)18/h7,9-11,16H,4-6H2,1-3H3. The quantitative estimate of drug-likeness (QED) is 0.535. The molecule has 4 heteroatoms. The highest BCUT2D eigenvalue weighted by Gasteiger charge is 2.62. The van der Waals surface area contributed by atoms with Crippen LogP contribution in [0.3, 0.4) is 0 Å². The fraction of sp³-hybridized carbons (Fsp3) is 0.733. The van der Waals surface area contributed by atoms with Crippen LogP contribution in [0.15, 0.2) is 11.6 Å². The van der Waals surface area contributed by atoms with E-state index in [1.165, 1.54) is 0 Å². The lowest BCUT2D eigenvalue weighted by Gasteiger charge is -2.55. The van der Waals surface area contributed by atoms with Gasteiger partial charge in [-0.25, -0.2) is 4.79 Å². The number of esters is 2. The molecule has 104 valence electrons. The van der Waals surface area contributed by atoms with E-state index >= 15 is 0 Å². The molecule has 4 unspecified atom stereocenters. The zero-order valence-corrected chi connectivity index (χ0v) is 11.6. The maximum Gasteiger partial charge on any atom is 0.342 e. The first kappa shape index (κ1) is 12.9. The van der Waals surface area contributed by atoms with Gasteiger partial charge in [0, 0.05) is 5.92 Å². The van der Waals surface area contributed by atoms with Gasteiger partial charge in [-0.1, -0.05) is 27.2 Å². The van der Waals surface area contributed by atoms with Gasteiger partial charge in [0.05, 0.1) is 17.6 Å². The monoisotopic (exact) mass is 264 g/mol. The number of aliphatic hydroxyl groups is 1. The van der Waals surface area contributed by atoms with Crippen molar-refractivity contribution in [1.82, 2.24) is 0 Å². The van der Waals surface area contributed by atoms with Crippen molar-refractivity contribution >= 4 is 11.9 Å². The Bertz CT molecular complexity index is 490. The molecule has 0 aromatic heterocycles. The van der Waals surface area contributed by atoms with Crippen molar-refractivity contribution in [3.8, 4) is 0 Å². The maximum absolute atomic E-state index is 12.0. The van der Waals surface area contributed by atoms with Crippen LogP contribution in [-0.4, -0.2) is 23.1 Å². The summed E-state index contributed by atoms with van der Waals surface area (Å²) in [4.78, 5) is 23.8. The highest BCUT2D eigenvalue weighted by Crippen LogP contribution is 2.61. The van der Waals surface area contributed by atoms with E-state index in [9.17, 15) is 14.7 Å². The minimum atomic E-state index is -0.676. The van der Waals surface area contributed by atoms with Gasteiger partial charge in [0.15, 0.2) is 0 Å². The number of hydrogen-bond donors (Lipinski definition) is 1. The molecule has 4 atom stereocenters. The Morgan fingerprint density at radius 3 is 2.63 bits per heavy atom. The van der Waals surface area contributed by atoms with E-state index in [2.05, 4.69) is 13.8 Å². The number of aliphatic hydroxyl groups excluding tert-OH is 1. The summed E-state index contributed by atoms with van der Waals surface area (Å²) in [5, 5.41) is 10.5. The molecule has 0 aromatic rings. The fourth-order valence-electron chi connectivity index (χ4n) is 4.83. The number of hydrogen-bond acceptors (Lipinski definition) is 4. The minimum Gasteiger partial charge on any atom is -0.389 e. The van der Waals surface area contributed by atoms with Crippen molar-refractivity contribution in [2.45, 2.75) is 46.1 Å². The van der Waals surface area contributed by atoms with Gasteiger partial charge in [-0.15, -0.1) is 0 Å². The summed E-state index contributed by atoms with van der Waals surface area (Å²) in [6.45, 7) is 6.30. The molecule has 2 fully saturated rings. The molecule has 2 aliphatic carbocycles. The summed E-state index contributed by atoms with van der Waals surface area (Å²) in [6, 6.07) is 0. The molecule has 1 N–H and O–H groups in total. The van der Waals surface area contributed by atoms with Gasteiger partial charge in [0.25, 0.3) is 0 Å². The van der Waals surface area contributed by atoms with Gasteiger partial charge in [-0.3, -0.25) is 4.79 Å². The second kappa shape index (κ2) is 3.69. The second-order valence-corrected chi connectivity index (χ2v) is 7.08. The van der Waals surface area contributed by atoms with Gasteiger partial charge >= 0.3 is 11.9 Å². The molecule has 1 aliphatic heterocycles. The summed E-state index contributed by atoms with van der Waals surface area (Å²) in [6.07, 6.45) is 3.77. The number of rotatable bonds is 0. The van der Waals surface area contributed by atoms with Crippen molar-refractivity contribution < 1.29 is 19.4 Å². The van der Waals surface area contributed by atoms with Crippen LogP contribution in [0.4, 0.5) is 0 Å². The Kier molecular flexibility index (Phi) is 2.50. The molecule has 1 saturated heterocycles. The van der Waals surface area contributed by atoms with Gasteiger partial charge in [0.1, 0.15) is 0 Å². The molecule has 3 aliphatic rings. The van der Waals surface area contributed by atoms with Crippen LogP contribution in [0, 0.1) is 22.7 Å². The topological polar surface area (TPSA) is 63.6 Å². The number of carbonyl (C=O) groups excluding carboxylic acids is 2. The van der Waals surface area contributed by atoms with Crippen LogP contribution in [0.1, 0.15) is 40.0 Å². The van der Waals surface area contributed by atoms with Crippen LogP contribution >= 0.6 is 0 Å². The Morgan fingerprint density at radius 2 is 1.95 bits per heavy atom. The van der Waals surface area contributed by atoms with Crippen LogP contribution in [0.25, 0.3) is 0 Å². The third-order valence-electron chi connectivity index (χ3n) is 5.42. The molecule has 0 aromatic carbocycles. The SMILES string of the molecule is CC1(C)CCCC2(C)C3C(=O)OC(=O)C3=CC(O)C12. The lowest BCUT2D eigenvalue weighted by molar-refractivity contribution is -0.158. The van der Waals surface area contributed by atoms with E-state index in [1.807, 2.05) is 6.92 Å². The van der Waals surface area contributed by atoms with Gasteiger partial charge in [-0.05, 0) is 29.7 Å². The molecule has 19 heavy (non-hydrogen) atoms. The summed E-state index contributed by atoms with van der Waals surface area (Å²) in [5.74, 6) is -1.51. The van der Waals surface area contributed by atoms with Crippen LogP contribution < -0.4 is 0 Å². The molecular formula is C15H20O4. The molecule has 1 heterocycles. The normalized spacial score (nSPS) is 44.2. The van der Waals surface area contributed by atoms with E-state index in [0.717, 1.165) is 19.3 Å². The first-order valence-corrected chi connectivity index (χ1v) is 6.93. The smallest absolute Gasteiger partial charge is 0.342 e. The van der Waals surface area contributed by atoms with E-state index in [-0.39, 0.29) is 16.7 Å². The van der Waals surface area contributed by atoms with Crippen LogP contribution in [0.2, 0.25) is 0 Å². The van der Waals surface area contributed by atoms with E-state index in [1.54, 1.807) is 6.08 Å². The third-order valence-corrected chi connectivity index (χ3v) is 5.42. The lowest BCUT2D eigenvalue weighted by Crippen LogP contribution is -2.55. The molecule has 1 saturated carbocycles. The second-order valence-electron chi connectivity index (χ2n) is 7.08. The van der Waals surface area contributed by atoms with Crippen molar-refractivity contribution in [2.24, 2.45) is 22.7 Å². The zero-order valence-electron chi connectivity index (χ0n) is 11.6. The first-order valence-electron chi connectivity index (χ1n) is 6.93. The average Bonchev–Trinajstić information content (AvgIpc) is 2.52. The Morgan fingerprint density at radius 1 is 1.26 bits per heavy atom. The number of fused-ring (bicyclic) bond motifs is 3. The lowest BCUT2D eigenvalue weighted by atomic mass is 9.48. The predicted molar refractivity (Wildman–Crippen MR) is 67.9 cm³/mol. The summed E-state index contributed by atoms with van der Waals surface area (Å²) >= 11 is 0. The maximum atomic E-state index is 12.0. The molecule has 0 bridgehead atoms. The third kappa shape index (κ3) is 1.55. The summed E-state index contributed by atoms with van der Waals surface area (Å²) in [5.41, 5.74) is -0.0524. The summed E-state index contributed by atoms with van der Waals surface area (Å²) in [7, 11) is 0. The number of cyclic esters (lactones) is 2. The minimum absolute atomic E-state index is 0.0130. The van der Waals surface area contributed by atoms with E-state index in [4.69, 9.17) is 4.74 Å². The fourth-order valence-corrected chi connectivity index (χ4v) is 4.83. The van der Waals surface area contributed by atoms with Crippen molar-refractivity contribution in [3.05, 3.63) is 11.6 Å². The van der Waals surface area contributed by atoms with Gasteiger partial charge in [0.2, 0.25) is 0 Å². The molecular weight excluding hydrogens is 244 g/mol. The molecule has 0 radical (unpaired) electrons. The van der Waals surface area contributed by atoms with Crippen LogP contribution in [0.5, 0.6) is 0 Å². The van der Waals surface area contributed by atoms with Crippen LogP contribution in [-0.2, 0) is 14.3 Å². The largest absolute Gasteiger partial charge is 0.389 e.